The number of hydrogen-bond acceptors (Lipinski definition) is 3. The van der Waals surface area contributed by atoms with E-state index < -0.39 is 7.12 Å². The fraction of sp³-hybridized carbons (Fsp3) is 0.182. The highest BCUT2D eigenvalue weighted by atomic mass is 16.4. The van der Waals surface area contributed by atoms with Gasteiger partial charge in [0.05, 0.1) is 5.52 Å². The molecule has 1 aromatic heterocycles. The van der Waals surface area contributed by atoms with Gasteiger partial charge >= 0.3 is 7.12 Å². The minimum atomic E-state index is -1.45. The zero-order valence-corrected chi connectivity index (χ0v) is 8.51. The van der Waals surface area contributed by atoms with E-state index in [2.05, 4.69) is 4.98 Å². The first-order valence-electron chi connectivity index (χ1n) is 4.96. The van der Waals surface area contributed by atoms with E-state index in [1.165, 1.54) is 6.20 Å². The van der Waals surface area contributed by atoms with Crippen LogP contribution in [0, 0.1) is 0 Å². The number of aryl methyl sites for hydroxylation is 1. The Morgan fingerprint density at radius 3 is 2.67 bits per heavy atom. The van der Waals surface area contributed by atoms with Crippen molar-refractivity contribution in [3.05, 3.63) is 36.0 Å². The molecule has 4 heteroatoms. The van der Waals surface area contributed by atoms with Crippen LogP contribution in [0.15, 0.2) is 30.5 Å². The molecule has 15 heavy (non-hydrogen) atoms. The van der Waals surface area contributed by atoms with Crippen LogP contribution in [-0.2, 0) is 6.42 Å². The molecule has 0 saturated carbocycles. The van der Waals surface area contributed by atoms with E-state index in [0.717, 1.165) is 22.9 Å². The van der Waals surface area contributed by atoms with Crippen molar-refractivity contribution in [3.8, 4) is 0 Å². The van der Waals surface area contributed by atoms with Gasteiger partial charge in [-0.15, -0.1) is 0 Å². The van der Waals surface area contributed by atoms with E-state index in [4.69, 9.17) is 0 Å². The molecule has 0 radical (unpaired) electrons. The molecule has 1 aromatic carbocycles. The molecule has 0 unspecified atom stereocenters. The molecule has 0 saturated heterocycles. The van der Waals surface area contributed by atoms with Crippen LogP contribution in [0.4, 0.5) is 0 Å². The molecule has 2 N–H and O–H groups in total. The number of hydrogen-bond donors (Lipinski definition) is 2. The van der Waals surface area contributed by atoms with E-state index >= 15 is 0 Å². The van der Waals surface area contributed by atoms with Gasteiger partial charge in [0, 0.05) is 17.0 Å². The van der Waals surface area contributed by atoms with Crippen molar-refractivity contribution in [3.63, 3.8) is 0 Å². The second-order valence-corrected chi connectivity index (χ2v) is 3.44. The number of fused-ring (bicyclic) bond motifs is 1. The average molecular weight is 201 g/mol. The molecule has 0 aliphatic carbocycles. The van der Waals surface area contributed by atoms with Crippen LogP contribution < -0.4 is 5.46 Å². The highest BCUT2D eigenvalue weighted by molar-refractivity contribution is 6.59. The van der Waals surface area contributed by atoms with Gasteiger partial charge in [0.1, 0.15) is 0 Å². The number of aromatic nitrogens is 1. The Morgan fingerprint density at radius 1 is 1.27 bits per heavy atom. The number of benzene rings is 1. The highest BCUT2D eigenvalue weighted by Crippen LogP contribution is 2.15. The van der Waals surface area contributed by atoms with Crippen LogP contribution in [0.25, 0.3) is 10.9 Å². The largest absolute Gasteiger partial charge is 0.490 e. The number of nitrogens with zero attached hydrogens (tertiary/aromatic N) is 1. The first kappa shape index (κ1) is 10.1. The zero-order chi connectivity index (χ0) is 10.8. The maximum atomic E-state index is 9.21. The molecular formula is C11H12BNO2. The minimum Gasteiger partial charge on any atom is -0.423 e. The van der Waals surface area contributed by atoms with Crippen molar-refractivity contribution >= 4 is 23.5 Å². The second kappa shape index (κ2) is 4.00. The van der Waals surface area contributed by atoms with Crippen LogP contribution in [0.5, 0.6) is 0 Å². The SMILES string of the molecule is CCc1c(B(O)O)cnc2ccccc12. The second-order valence-electron chi connectivity index (χ2n) is 3.44. The van der Waals surface area contributed by atoms with Gasteiger partial charge in [-0.2, -0.15) is 0 Å². The molecular weight excluding hydrogens is 189 g/mol. The van der Waals surface area contributed by atoms with Crippen LogP contribution in [-0.4, -0.2) is 22.2 Å². The van der Waals surface area contributed by atoms with Crippen molar-refractivity contribution < 1.29 is 10.0 Å². The summed E-state index contributed by atoms with van der Waals surface area (Å²) in [6.07, 6.45) is 2.29. The van der Waals surface area contributed by atoms with E-state index in [1.807, 2.05) is 31.2 Å². The predicted octanol–water partition coefficient (Wildman–Crippen LogP) is 0.477. The Labute approximate surface area is 88.5 Å². The molecule has 76 valence electrons. The quantitative estimate of drug-likeness (QED) is 0.694. The highest BCUT2D eigenvalue weighted by Gasteiger charge is 2.17. The summed E-state index contributed by atoms with van der Waals surface area (Å²) >= 11 is 0. The lowest BCUT2D eigenvalue weighted by molar-refractivity contribution is 0.425. The maximum absolute atomic E-state index is 9.21. The standard InChI is InChI=1S/C11H12BNO2/c1-2-8-9-5-3-4-6-11(9)13-7-10(8)12(14)15/h3-7,14-15H,2H2,1H3. The van der Waals surface area contributed by atoms with Crippen LogP contribution in [0.1, 0.15) is 12.5 Å². The zero-order valence-electron chi connectivity index (χ0n) is 8.51. The Kier molecular flexibility index (Phi) is 2.71. The van der Waals surface area contributed by atoms with Gasteiger partial charge < -0.3 is 10.0 Å². The average Bonchev–Trinajstić information content (AvgIpc) is 2.27. The smallest absolute Gasteiger partial charge is 0.423 e. The van der Waals surface area contributed by atoms with Gasteiger partial charge in [-0.05, 0) is 18.1 Å². The van der Waals surface area contributed by atoms with Crippen LogP contribution in [0.2, 0.25) is 0 Å². The summed E-state index contributed by atoms with van der Waals surface area (Å²) in [7, 11) is -1.45. The number of para-hydroxylation sites is 1. The van der Waals surface area contributed by atoms with Crippen molar-refractivity contribution in [2.24, 2.45) is 0 Å². The molecule has 2 aromatic rings. The predicted molar refractivity (Wildman–Crippen MR) is 60.9 cm³/mol. The first-order chi connectivity index (χ1) is 7.24. The molecule has 0 aliphatic heterocycles. The third kappa shape index (κ3) is 1.74. The van der Waals surface area contributed by atoms with Crippen molar-refractivity contribution in [2.75, 3.05) is 0 Å². The van der Waals surface area contributed by atoms with Crippen LogP contribution >= 0.6 is 0 Å². The third-order valence-electron chi connectivity index (χ3n) is 2.55. The molecule has 2 rings (SSSR count). The summed E-state index contributed by atoms with van der Waals surface area (Å²) in [6.45, 7) is 1.99. The molecule has 0 aliphatic rings. The summed E-state index contributed by atoms with van der Waals surface area (Å²) in [5.74, 6) is 0. The Morgan fingerprint density at radius 2 is 2.00 bits per heavy atom. The van der Waals surface area contributed by atoms with Crippen LogP contribution in [0.3, 0.4) is 0 Å². The maximum Gasteiger partial charge on any atom is 0.490 e. The summed E-state index contributed by atoms with van der Waals surface area (Å²) in [5.41, 5.74) is 2.34. The summed E-state index contributed by atoms with van der Waals surface area (Å²) in [4.78, 5) is 4.19. The molecule has 0 spiro atoms. The van der Waals surface area contributed by atoms with Gasteiger partial charge in [0.2, 0.25) is 0 Å². The van der Waals surface area contributed by atoms with Gasteiger partial charge in [0.25, 0.3) is 0 Å². The van der Waals surface area contributed by atoms with Crippen molar-refractivity contribution in [1.82, 2.24) is 4.98 Å². The lowest BCUT2D eigenvalue weighted by atomic mass is 9.76. The fourth-order valence-electron chi connectivity index (χ4n) is 1.83. The molecule has 0 atom stereocenters. The van der Waals surface area contributed by atoms with E-state index in [1.54, 1.807) is 0 Å². The third-order valence-corrected chi connectivity index (χ3v) is 2.55. The summed E-state index contributed by atoms with van der Waals surface area (Å²) < 4.78 is 0. The summed E-state index contributed by atoms with van der Waals surface area (Å²) in [6, 6.07) is 7.72. The Bertz CT molecular complexity index is 485. The van der Waals surface area contributed by atoms with Gasteiger partial charge in [0.15, 0.2) is 0 Å². The lowest BCUT2D eigenvalue weighted by Gasteiger charge is -2.09. The normalized spacial score (nSPS) is 10.6. The summed E-state index contributed by atoms with van der Waals surface area (Å²) in [5, 5.41) is 19.4. The molecule has 0 fully saturated rings. The lowest BCUT2D eigenvalue weighted by Crippen LogP contribution is -2.33. The van der Waals surface area contributed by atoms with Gasteiger partial charge in [-0.1, -0.05) is 25.1 Å². The Hall–Kier alpha value is -1.39. The van der Waals surface area contributed by atoms with Crippen molar-refractivity contribution in [1.29, 1.82) is 0 Å². The first-order valence-corrected chi connectivity index (χ1v) is 4.96. The molecule has 1 heterocycles. The van der Waals surface area contributed by atoms with E-state index in [9.17, 15) is 10.0 Å². The van der Waals surface area contributed by atoms with Crippen molar-refractivity contribution in [2.45, 2.75) is 13.3 Å². The number of rotatable bonds is 2. The monoisotopic (exact) mass is 201 g/mol. The number of pyridine rings is 1. The molecule has 0 bridgehead atoms. The van der Waals surface area contributed by atoms with E-state index in [-0.39, 0.29) is 0 Å². The minimum absolute atomic E-state index is 0.496. The topological polar surface area (TPSA) is 53.4 Å². The fourth-order valence-corrected chi connectivity index (χ4v) is 1.83. The molecule has 0 amide bonds. The Balaban J connectivity index is 2.75. The molecule has 3 nitrogen and oxygen atoms in total. The van der Waals surface area contributed by atoms with E-state index in [0.29, 0.717) is 5.46 Å². The van der Waals surface area contributed by atoms with Gasteiger partial charge in [-0.25, -0.2) is 0 Å². The van der Waals surface area contributed by atoms with Gasteiger partial charge in [-0.3, -0.25) is 4.98 Å².